The zero-order valence-electron chi connectivity index (χ0n) is 15.2. The molecule has 0 fully saturated rings. The third-order valence-corrected chi connectivity index (χ3v) is 6.07. The van der Waals surface area contributed by atoms with Gasteiger partial charge in [0.1, 0.15) is 0 Å². The van der Waals surface area contributed by atoms with Gasteiger partial charge in [-0.15, -0.1) is 21.5 Å². The highest BCUT2D eigenvalue weighted by molar-refractivity contribution is 7.23. The number of carbonyl (C=O) groups is 1. The number of aromatic nitrogens is 3. The van der Waals surface area contributed by atoms with Crippen molar-refractivity contribution in [3.63, 3.8) is 0 Å². The third-order valence-electron chi connectivity index (χ3n) is 3.73. The van der Waals surface area contributed by atoms with Gasteiger partial charge < -0.3 is 14.5 Å². The lowest BCUT2D eigenvalue weighted by molar-refractivity contribution is 0.0991. The van der Waals surface area contributed by atoms with Gasteiger partial charge in [-0.1, -0.05) is 22.9 Å². The van der Waals surface area contributed by atoms with E-state index < -0.39 is 11.5 Å². The minimum atomic E-state index is -0.806. The van der Waals surface area contributed by atoms with E-state index in [9.17, 15) is 9.59 Å². The first-order chi connectivity index (χ1) is 14.5. The number of nitrogens with one attached hydrogen (secondary N) is 2. The normalized spacial score (nSPS) is 10.6. The highest BCUT2D eigenvalue weighted by Gasteiger charge is 2.20. The van der Waals surface area contributed by atoms with Gasteiger partial charge in [0.15, 0.2) is 10.8 Å². The molecule has 9 nitrogen and oxygen atoms in total. The predicted octanol–water partition coefficient (Wildman–Crippen LogP) is 4.27. The number of halogens is 1. The molecule has 0 aliphatic heterocycles. The van der Waals surface area contributed by atoms with E-state index in [1.165, 1.54) is 24.5 Å². The summed E-state index contributed by atoms with van der Waals surface area (Å²) in [6, 6.07) is 6.59. The predicted molar refractivity (Wildman–Crippen MR) is 115 cm³/mol. The molecule has 0 saturated carbocycles. The Balaban J connectivity index is 1.59. The number of anilines is 3. The van der Waals surface area contributed by atoms with Gasteiger partial charge in [0, 0.05) is 12.3 Å². The number of thiophene rings is 1. The van der Waals surface area contributed by atoms with Crippen molar-refractivity contribution in [2.24, 2.45) is 0 Å². The first-order valence-electron chi connectivity index (χ1n) is 8.32. The number of ether oxygens (including phenoxy) is 1. The maximum atomic E-state index is 12.6. The summed E-state index contributed by atoms with van der Waals surface area (Å²) in [5.74, 6) is -0.956. The Bertz CT molecular complexity index is 1250. The molecule has 0 aliphatic carbocycles. The minimum Gasteiger partial charge on any atom is -0.488 e. The molecule has 2 N–H and O–H groups in total. The largest absolute Gasteiger partial charge is 0.488 e. The number of nitrogens with zero attached hydrogens (tertiary/aromatic N) is 3. The van der Waals surface area contributed by atoms with Crippen LogP contribution in [0.5, 0.6) is 5.75 Å². The number of hydrogen-bond acceptors (Lipinski definition) is 10. The zero-order chi connectivity index (χ0) is 21.1. The summed E-state index contributed by atoms with van der Waals surface area (Å²) in [6.45, 7) is 0. The van der Waals surface area contributed by atoms with E-state index in [2.05, 4.69) is 25.8 Å². The Morgan fingerprint density at radius 1 is 1.30 bits per heavy atom. The Kier molecular flexibility index (Phi) is 5.74. The number of rotatable bonds is 6. The number of amides is 1. The second kappa shape index (κ2) is 8.61. The highest BCUT2D eigenvalue weighted by Crippen LogP contribution is 2.36. The van der Waals surface area contributed by atoms with E-state index in [4.69, 9.17) is 20.8 Å². The average molecular weight is 462 g/mol. The molecule has 0 aliphatic rings. The molecule has 4 heterocycles. The summed E-state index contributed by atoms with van der Waals surface area (Å²) in [5, 5.41) is 16.7. The topological polar surface area (TPSA) is 119 Å². The molecule has 0 unspecified atom stereocenters. The van der Waals surface area contributed by atoms with Crippen LogP contribution in [0.1, 0.15) is 10.6 Å². The molecule has 4 aromatic heterocycles. The van der Waals surface area contributed by atoms with Crippen LogP contribution in [-0.4, -0.2) is 28.2 Å². The Labute approximate surface area is 182 Å². The maximum Gasteiger partial charge on any atom is 0.381 e. The second-order valence-electron chi connectivity index (χ2n) is 5.68. The lowest BCUT2D eigenvalue weighted by atomic mass is 10.3. The van der Waals surface area contributed by atoms with Crippen molar-refractivity contribution in [1.82, 2.24) is 15.2 Å². The summed E-state index contributed by atoms with van der Waals surface area (Å²) in [5.41, 5.74) is 0.0597. The molecule has 12 heteroatoms. The fourth-order valence-corrected chi connectivity index (χ4v) is 4.48. The maximum absolute atomic E-state index is 12.6. The summed E-state index contributed by atoms with van der Waals surface area (Å²) in [4.78, 5) is 29.6. The average Bonchev–Trinajstić information content (AvgIpc) is 3.37. The Hall–Kier alpha value is -3.28. The quantitative estimate of drug-likeness (QED) is 0.436. The van der Waals surface area contributed by atoms with Gasteiger partial charge >= 0.3 is 5.63 Å². The number of hydrogen-bond donors (Lipinski definition) is 2. The molecule has 0 bridgehead atoms. The van der Waals surface area contributed by atoms with Crippen LogP contribution < -0.4 is 21.0 Å². The summed E-state index contributed by atoms with van der Waals surface area (Å²) < 4.78 is 10.2. The molecule has 0 aromatic carbocycles. The molecule has 0 radical (unpaired) electrons. The van der Waals surface area contributed by atoms with Crippen molar-refractivity contribution >= 4 is 56.7 Å². The SMILES string of the molecule is COc1c(Nc2cccnc2)cc(C(=O)Nc2nnc(-c3sccc3Cl)s2)oc1=O. The zero-order valence-corrected chi connectivity index (χ0v) is 17.6. The van der Waals surface area contributed by atoms with Gasteiger partial charge in [-0.25, -0.2) is 4.79 Å². The van der Waals surface area contributed by atoms with Gasteiger partial charge in [0.25, 0.3) is 5.91 Å². The summed E-state index contributed by atoms with van der Waals surface area (Å²) in [6.07, 6.45) is 3.17. The van der Waals surface area contributed by atoms with Crippen LogP contribution in [0.15, 0.2) is 51.3 Å². The molecule has 152 valence electrons. The minimum absolute atomic E-state index is 0.0686. The lowest BCUT2D eigenvalue weighted by Gasteiger charge is -2.10. The van der Waals surface area contributed by atoms with E-state index in [0.717, 1.165) is 16.2 Å². The van der Waals surface area contributed by atoms with Crippen LogP contribution in [0.25, 0.3) is 9.88 Å². The molecular weight excluding hydrogens is 450 g/mol. The number of methoxy groups -OCH3 is 1. The highest BCUT2D eigenvalue weighted by atomic mass is 35.5. The van der Waals surface area contributed by atoms with Crippen molar-refractivity contribution in [2.75, 3.05) is 17.7 Å². The van der Waals surface area contributed by atoms with E-state index in [-0.39, 0.29) is 22.3 Å². The molecule has 4 aromatic rings. The first kappa shape index (κ1) is 20.0. The van der Waals surface area contributed by atoms with Crippen molar-refractivity contribution < 1.29 is 13.9 Å². The Morgan fingerprint density at radius 2 is 2.17 bits per heavy atom. The smallest absolute Gasteiger partial charge is 0.381 e. The standard InChI is InChI=1S/C18H12ClN5O4S2/c1-27-13-11(21-9-3-2-5-20-8-9)7-12(28-17(13)26)15(25)22-18-24-23-16(30-18)14-10(19)4-6-29-14/h2-8,21H,1H3,(H,22,24,25). The van der Waals surface area contributed by atoms with Crippen LogP contribution in [0, 0.1) is 0 Å². The van der Waals surface area contributed by atoms with Crippen LogP contribution >= 0.6 is 34.3 Å². The van der Waals surface area contributed by atoms with Gasteiger partial charge in [-0.2, -0.15) is 0 Å². The van der Waals surface area contributed by atoms with Gasteiger partial charge in [0.2, 0.25) is 10.9 Å². The van der Waals surface area contributed by atoms with Crippen LogP contribution in [0.4, 0.5) is 16.5 Å². The molecule has 0 atom stereocenters. The van der Waals surface area contributed by atoms with Crippen LogP contribution in [-0.2, 0) is 0 Å². The van der Waals surface area contributed by atoms with Gasteiger partial charge in [0.05, 0.1) is 34.6 Å². The number of pyridine rings is 1. The monoisotopic (exact) mass is 461 g/mol. The fourth-order valence-electron chi connectivity index (χ4n) is 2.44. The molecule has 1 amide bonds. The van der Waals surface area contributed by atoms with E-state index in [1.54, 1.807) is 30.6 Å². The van der Waals surface area contributed by atoms with E-state index in [0.29, 0.717) is 15.7 Å². The summed E-state index contributed by atoms with van der Waals surface area (Å²) in [7, 11) is 1.33. The van der Waals surface area contributed by atoms with Crippen molar-refractivity contribution in [1.29, 1.82) is 0 Å². The Morgan fingerprint density at radius 3 is 2.87 bits per heavy atom. The third kappa shape index (κ3) is 4.17. The fraction of sp³-hybridized carbons (Fsp3) is 0.0556. The van der Waals surface area contributed by atoms with Crippen LogP contribution in [0.2, 0.25) is 5.02 Å². The van der Waals surface area contributed by atoms with Crippen molar-refractivity contribution in [2.45, 2.75) is 0 Å². The van der Waals surface area contributed by atoms with Gasteiger partial charge in [-0.05, 0) is 23.6 Å². The van der Waals surface area contributed by atoms with Crippen molar-refractivity contribution in [3.8, 4) is 15.6 Å². The molecule has 4 rings (SSSR count). The lowest BCUT2D eigenvalue weighted by Crippen LogP contribution is -2.16. The molecule has 0 spiro atoms. The molecule has 30 heavy (non-hydrogen) atoms. The molecular formula is C18H12ClN5O4S2. The first-order valence-corrected chi connectivity index (χ1v) is 10.4. The number of carbonyl (C=O) groups excluding carboxylic acids is 1. The molecule has 0 saturated heterocycles. The van der Waals surface area contributed by atoms with E-state index in [1.807, 2.05) is 5.38 Å². The second-order valence-corrected chi connectivity index (χ2v) is 7.98. The summed E-state index contributed by atoms with van der Waals surface area (Å²) >= 11 is 8.67. The van der Waals surface area contributed by atoms with Crippen LogP contribution in [0.3, 0.4) is 0 Å². The van der Waals surface area contributed by atoms with Gasteiger partial charge in [-0.3, -0.25) is 15.1 Å². The van der Waals surface area contributed by atoms with Crippen molar-refractivity contribution in [3.05, 3.63) is 63.2 Å². The van der Waals surface area contributed by atoms with E-state index >= 15 is 0 Å².